The first-order valence-corrected chi connectivity index (χ1v) is 10.0. The van der Waals surface area contributed by atoms with Crippen molar-refractivity contribution in [2.75, 3.05) is 32.4 Å². The van der Waals surface area contributed by atoms with E-state index in [2.05, 4.69) is 0 Å². The second-order valence-corrected chi connectivity index (χ2v) is 8.60. The third-order valence-electron chi connectivity index (χ3n) is 3.17. The van der Waals surface area contributed by atoms with Gasteiger partial charge >= 0.3 is 0 Å². The summed E-state index contributed by atoms with van der Waals surface area (Å²) in [5, 5.41) is 0. The SMILES string of the molecule is CCN(CC)CCN(S(C)(=O)=O)S(=O)(=O)c1ccccc1. The molecule has 1 aromatic carbocycles. The van der Waals surface area contributed by atoms with Crippen LogP contribution in [0.3, 0.4) is 0 Å². The summed E-state index contributed by atoms with van der Waals surface area (Å²) < 4.78 is 49.3. The van der Waals surface area contributed by atoms with E-state index in [-0.39, 0.29) is 11.4 Å². The van der Waals surface area contributed by atoms with Crippen molar-refractivity contribution in [2.24, 2.45) is 0 Å². The Morgan fingerprint density at radius 1 is 0.905 bits per heavy atom. The second kappa shape index (κ2) is 7.35. The molecule has 0 N–H and O–H groups in total. The summed E-state index contributed by atoms with van der Waals surface area (Å²) >= 11 is 0. The van der Waals surface area contributed by atoms with E-state index >= 15 is 0 Å². The van der Waals surface area contributed by atoms with Crippen molar-refractivity contribution in [1.29, 1.82) is 0 Å². The highest BCUT2D eigenvalue weighted by molar-refractivity contribution is 8.03. The van der Waals surface area contributed by atoms with Crippen molar-refractivity contribution >= 4 is 20.0 Å². The van der Waals surface area contributed by atoms with Crippen molar-refractivity contribution < 1.29 is 16.8 Å². The number of hydrogen-bond acceptors (Lipinski definition) is 5. The Labute approximate surface area is 127 Å². The van der Waals surface area contributed by atoms with Crippen LogP contribution in [0.15, 0.2) is 35.2 Å². The van der Waals surface area contributed by atoms with E-state index in [0.29, 0.717) is 10.3 Å². The topological polar surface area (TPSA) is 74.8 Å². The minimum atomic E-state index is -4.05. The predicted octanol–water partition coefficient (Wildman–Crippen LogP) is 0.979. The van der Waals surface area contributed by atoms with Gasteiger partial charge in [0.25, 0.3) is 10.0 Å². The fourth-order valence-electron chi connectivity index (χ4n) is 1.94. The van der Waals surface area contributed by atoms with Crippen LogP contribution in [0.2, 0.25) is 0 Å². The van der Waals surface area contributed by atoms with Crippen molar-refractivity contribution in [3.05, 3.63) is 30.3 Å². The van der Waals surface area contributed by atoms with Gasteiger partial charge in [0, 0.05) is 13.1 Å². The van der Waals surface area contributed by atoms with Crippen LogP contribution in [0, 0.1) is 0 Å². The first-order chi connectivity index (χ1) is 9.73. The van der Waals surface area contributed by atoms with Gasteiger partial charge in [-0.3, -0.25) is 0 Å². The van der Waals surface area contributed by atoms with Gasteiger partial charge in [0.05, 0.1) is 11.2 Å². The lowest BCUT2D eigenvalue weighted by Crippen LogP contribution is -2.41. The molecule has 0 aromatic heterocycles. The largest absolute Gasteiger partial charge is 0.303 e. The number of hydrogen-bond donors (Lipinski definition) is 0. The minimum absolute atomic E-state index is 0.0185. The van der Waals surface area contributed by atoms with Crippen LogP contribution in [-0.4, -0.2) is 57.9 Å². The lowest BCUT2D eigenvalue weighted by atomic mass is 10.4. The number of sulfonamides is 2. The summed E-state index contributed by atoms with van der Waals surface area (Å²) in [6, 6.07) is 7.60. The van der Waals surface area contributed by atoms with Crippen molar-refractivity contribution in [3.8, 4) is 0 Å². The van der Waals surface area contributed by atoms with Crippen molar-refractivity contribution in [2.45, 2.75) is 18.7 Å². The molecule has 0 unspecified atom stereocenters. The molecule has 0 aliphatic rings. The molecule has 8 heteroatoms. The van der Waals surface area contributed by atoms with Crippen LogP contribution in [0.4, 0.5) is 0 Å². The van der Waals surface area contributed by atoms with E-state index in [1.54, 1.807) is 18.2 Å². The molecular weight excluding hydrogens is 312 g/mol. The number of benzene rings is 1. The van der Waals surface area contributed by atoms with Crippen LogP contribution in [0.1, 0.15) is 13.8 Å². The molecule has 0 saturated heterocycles. The molecule has 0 aliphatic heterocycles. The van der Waals surface area contributed by atoms with Gasteiger partial charge in [-0.2, -0.15) is 0 Å². The summed E-state index contributed by atoms with van der Waals surface area (Å²) in [6.45, 7) is 5.64. The average Bonchev–Trinajstić information content (AvgIpc) is 2.43. The predicted molar refractivity (Wildman–Crippen MR) is 83.0 cm³/mol. The van der Waals surface area contributed by atoms with E-state index in [0.717, 1.165) is 19.3 Å². The Balaban J connectivity index is 3.10. The third kappa shape index (κ3) is 4.77. The summed E-state index contributed by atoms with van der Waals surface area (Å²) in [4.78, 5) is 1.95. The molecule has 0 fully saturated rings. The average molecular weight is 334 g/mol. The van der Waals surface area contributed by atoms with E-state index in [4.69, 9.17) is 0 Å². The standard InChI is InChI=1S/C13H22N2O4S2/c1-4-14(5-2)11-12-15(20(3,16)17)21(18,19)13-9-7-6-8-10-13/h6-10H,4-5,11-12H2,1-3H3. The third-order valence-corrected chi connectivity index (χ3v) is 7.08. The van der Waals surface area contributed by atoms with Gasteiger partial charge in [-0.05, 0) is 25.2 Å². The minimum Gasteiger partial charge on any atom is -0.303 e. The molecule has 0 aliphatic carbocycles. The number of likely N-dealkylation sites (N-methyl/N-ethyl adjacent to an activating group) is 1. The highest BCUT2D eigenvalue weighted by Gasteiger charge is 2.32. The van der Waals surface area contributed by atoms with Gasteiger partial charge in [0.2, 0.25) is 10.0 Å². The van der Waals surface area contributed by atoms with Gasteiger partial charge in [0.15, 0.2) is 0 Å². The molecule has 1 rings (SSSR count). The molecule has 1 aromatic rings. The number of nitrogens with zero attached hydrogens (tertiary/aromatic N) is 2. The summed E-state index contributed by atoms with van der Waals surface area (Å²) in [5.74, 6) is 0. The maximum Gasteiger partial charge on any atom is 0.256 e. The Morgan fingerprint density at radius 2 is 1.43 bits per heavy atom. The van der Waals surface area contributed by atoms with E-state index < -0.39 is 20.0 Å². The van der Waals surface area contributed by atoms with Gasteiger partial charge in [0.1, 0.15) is 0 Å². The van der Waals surface area contributed by atoms with Gasteiger partial charge in [-0.25, -0.2) is 16.8 Å². The quantitative estimate of drug-likeness (QED) is 0.708. The molecule has 120 valence electrons. The van der Waals surface area contributed by atoms with Gasteiger partial charge < -0.3 is 4.90 Å². The molecule has 0 saturated carbocycles. The van der Waals surface area contributed by atoms with E-state index in [1.165, 1.54) is 12.1 Å². The molecule has 6 nitrogen and oxygen atoms in total. The molecule has 0 bridgehead atoms. The summed E-state index contributed by atoms with van der Waals surface area (Å²) in [5.41, 5.74) is 0. The molecule has 0 heterocycles. The Kier molecular flexibility index (Phi) is 6.33. The maximum atomic E-state index is 12.5. The Bertz CT molecular complexity index is 638. The van der Waals surface area contributed by atoms with Gasteiger partial charge in [-0.1, -0.05) is 35.8 Å². The van der Waals surface area contributed by atoms with Crippen LogP contribution in [0.25, 0.3) is 0 Å². The fourth-order valence-corrected chi connectivity index (χ4v) is 5.09. The zero-order chi connectivity index (χ0) is 16.1. The van der Waals surface area contributed by atoms with Crippen molar-refractivity contribution in [1.82, 2.24) is 8.61 Å². The van der Waals surface area contributed by atoms with E-state index in [9.17, 15) is 16.8 Å². The van der Waals surface area contributed by atoms with Crippen LogP contribution in [-0.2, 0) is 20.0 Å². The molecule has 0 radical (unpaired) electrons. The smallest absolute Gasteiger partial charge is 0.256 e. The molecule has 0 atom stereocenters. The normalized spacial score (nSPS) is 13.0. The monoisotopic (exact) mass is 334 g/mol. The maximum absolute atomic E-state index is 12.5. The van der Waals surface area contributed by atoms with Crippen LogP contribution >= 0.6 is 0 Å². The Hall–Kier alpha value is -0.960. The lowest BCUT2D eigenvalue weighted by Gasteiger charge is -2.24. The summed E-state index contributed by atoms with van der Waals surface area (Å²) in [6.07, 6.45) is 0.912. The Morgan fingerprint density at radius 3 is 1.86 bits per heavy atom. The first-order valence-electron chi connectivity index (χ1n) is 6.73. The fraction of sp³-hybridized carbons (Fsp3) is 0.538. The summed E-state index contributed by atoms with van der Waals surface area (Å²) in [7, 11) is -7.92. The zero-order valence-electron chi connectivity index (χ0n) is 12.6. The second-order valence-electron chi connectivity index (χ2n) is 4.60. The molecule has 0 spiro atoms. The van der Waals surface area contributed by atoms with Gasteiger partial charge in [-0.15, -0.1) is 0 Å². The molecular formula is C13H22N2O4S2. The highest BCUT2D eigenvalue weighted by atomic mass is 32.3. The number of rotatable bonds is 8. The lowest BCUT2D eigenvalue weighted by molar-refractivity contribution is 0.294. The van der Waals surface area contributed by atoms with Crippen molar-refractivity contribution in [3.63, 3.8) is 0 Å². The molecule has 0 amide bonds. The first kappa shape index (κ1) is 18.1. The van der Waals surface area contributed by atoms with E-state index in [1.807, 2.05) is 18.7 Å². The van der Waals surface area contributed by atoms with Crippen LogP contribution < -0.4 is 0 Å². The zero-order valence-corrected chi connectivity index (χ0v) is 14.2. The highest BCUT2D eigenvalue weighted by Crippen LogP contribution is 2.18. The molecule has 21 heavy (non-hydrogen) atoms. The van der Waals surface area contributed by atoms with Crippen LogP contribution in [0.5, 0.6) is 0 Å².